The van der Waals surface area contributed by atoms with E-state index in [9.17, 15) is 14.7 Å². The Bertz CT molecular complexity index is 945. The van der Waals surface area contributed by atoms with Crippen LogP contribution in [0.4, 0.5) is 0 Å². The van der Waals surface area contributed by atoms with E-state index in [0.29, 0.717) is 11.3 Å². The van der Waals surface area contributed by atoms with Crippen molar-refractivity contribution in [2.45, 2.75) is 12.5 Å². The fourth-order valence-electron chi connectivity index (χ4n) is 2.89. The quantitative estimate of drug-likeness (QED) is 0.776. The van der Waals surface area contributed by atoms with E-state index in [2.05, 4.69) is 0 Å². The zero-order valence-electron chi connectivity index (χ0n) is 14.1. The molecule has 1 atom stereocenters. The smallest absolute Gasteiger partial charge is 0.340 e. The average Bonchev–Trinajstić information content (AvgIpc) is 2.66. The Morgan fingerprint density at radius 3 is 2.69 bits per heavy atom. The van der Waals surface area contributed by atoms with Crippen LogP contribution in [0, 0.1) is 0 Å². The number of carbonyl (C=O) groups excluding carboxylic acids is 1. The summed E-state index contributed by atoms with van der Waals surface area (Å²) in [5.74, 6) is -1.52. The van der Waals surface area contributed by atoms with E-state index in [1.807, 2.05) is 0 Å². The molecule has 1 aromatic carbocycles. The lowest BCUT2D eigenvalue weighted by atomic mass is 9.86. The molecule has 1 unspecified atom stereocenters. The van der Waals surface area contributed by atoms with E-state index in [4.69, 9.17) is 24.4 Å². The molecule has 0 amide bonds. The van der Waals surface area contributed by atoms with Crippen LogP contribution in [0.1, 0.15) is 23.0 Å². The highest BCUT2D eigenvalue weighted by Gasteiger charge is 2.40. The van der Waals surface area contributed by atoms with Gasteiger partial charge in [-0.3, -0.25) is 4.79 Å². The fourth-order valence-corrected chi connectivity index (χ4v) is 2.89. The molecule has 26 heavy (non-hydrogen) atoms. The molecule has 1 aliphatic heterocycles. The second-order valence-electron chi connectivity index (χ2n) is 5.47. The minimum absolute atomic E-state index is 0.0252. The Hall–Kier alpha value is -3.26. The Balaban J connectivity index is 2.34. The van der Waals surface area contributed by atoms with Crippen molar-refractivity contribution in [2.24, 2.45) is 5.73 Å². The molecule has 3 N–H and O–H groups in total. The molecule has 136 valence electrons. The summed E-state index contributed by atoms with van der Waals surface area (Å²) in [6.07, 6.45) is 0. The number of esters is 1. The first kappa shape index (κ1) is 17.6. The highest BCUT2D eigenvalue weighted by Crippen LogP contribution is 2.44. The van der Waals surface area contributed by atoms with Crippen molar-refractivity contribution in [1.29, 1.82) is 0 Å². The standard InChI is InChI=1S/C18H17NO7/c1-23-12-6-4-3-5-10(12)13-14(18(22)24-2)17(19)26-15-11(21)7-9(8-20)25-16(13)15/h3-7,13,20H,8,19H2,1-2H3. The van der Waals surface area contributed by atoms with Crippen molar-refractivity contribution < 1.29 is 28.5 Å². The molecule has 0 bridgehead atoms. The zero-order valence-corrected chi connectivity index (χ0v) is 14.1. The van der Waals surface area contributed by atoms with Gasteiger partial charge < -0.3 is 29.5 Å². The maximum absolute atomic E-state index is 12.4. The Morgan fingerprint density at radius 1 is 1.31 bits per heavy atom. The molecule has 0 radical (unpaired) electrons. The first-order valence-corrected chi connectivity index (χ1v) is 7.68. The maximum Gasteiger partial charge on any atom is 0.340 e. The topological polar surface area (TPSA) is 121 Å². The molecule has 0 saturated heterocycles. The van der Waals surface area contributed by atoms with Crippen LogP contribution in [0.15, 0.2) is 51.0 Å². The van der Waals surface area contributed by atoms with Crippen LogP contribution < -0.4 is 20.6 Å². The Labute approximate surface area is 148 Å². The Morgan fingerprint density at radius 2 is 2.04 bits per heavy atom. The third kappa shape index (κ3) is 2.80. The minimum atomic E-state index is -0.901. The summed E-state index contributed by atoms with van der Waals surface area (Å²) in [7, 11) is 2.68. The SMILES string of the molecule is COC(=O)C1=C(N)Oc2c(oc(CO)cc2=O)C1c1ccccc1OC. The number of rotatable bonds is 4. The van der Waals surface area contributed by atoms with Crippen LogP contribution in [0.3, 0.4) is 0 Å². The van der Waals surface area contributed by atoms with Gasteiger partial charge in [-0.2, -0.15) is 0 Å². The van der Waals surface area contributed by atoms with Crippen LogP contribution in [-0.4, -0.2) is 25.3 Å². The van der Waals surface area contributed by atoms with Gasteiger partial charge in [0.15, 0.2) is 5.76 Å². The Kier molecular flexibility index (Phi) is 4.68. The highest BCUT2D eigenvalue weighted by molar-refractivity contribution is 5.92. The molecule has 1 aromatic heterocycles. The maximum atomic E-state index is 12.4. The van der Waals surface area contributed by atoms with Crippen LogP contribution >= 0.6 is 0 Å². The third-order valence-electron chi connectivity index (χ3n) is 4.02. The molecular formula is C18H17NO7. The number of hydrogen-bond donors (Lipinski definition) is 2. The molecule has 2 aromatic rings. The fraction of sp³-hybridized carbons (Fsp3) is 0.222. The minimum Gasteiger partial charge on any atom is -0.496 e. The molecule has 8 nitrogen and oxygen atoms in total. The van der Waals surface area contributed by atoms with Crippen LogP contribution in [0.25, 0.3) is 0 Å². The number of hydrogen-bond acceptors (Lipinski definition) is 8. The van der Waals surface area contributed by atoms with Crippen molar-refractivity contribution in [2.75, 3.05) is 14.2 Å². The van der Waals surface area contributed by atoms with E-state index in [0.717, 1.165) is 6.07 Å². The molecule has 3 rings (SSSR count). The number of fused-ring (bicyclic) bond motifs is 1. The number of para-hydroxylation sites is 1. The van der Waals surface area contributed by atoms with Crippen molar-refractivity contribution in [1.82, 2.24) is 0 Å². The first-order chi connectivity index (χ1) is 12.5. The molecule has 0 fully saturated rings. The summed E-state index contributed by atoms with van der Waals surface area (Å²) in [6.45, 7) is -0.492. The second-order valence-corrected chi connectivity index (χ2v) is 5.47. The van der Waals surface area contributed by atoms with Gasteiger partial charge in [0.25, 0.3) is 0 Å². The van der Waals surface area contributed by atoms with Gasteiger partial charge in [-0.05, 0) is 6.07 Å². The zero-order chi connectivity index (χ0) is 18.8. The highest BCUT2D eigenvalue weighted by atomic mass is 16.5. The van der Waals surface area contributed by atoms with Gasteiger partial charge in [0.05, 0.1) is 20.1 Å². The summed E-state index contributed by atoms with van der Waals surface area (Å²) < 4.78 is 21.2. The molecule has 0 saturated carbocycles. The number of benzene rings is 1. The average molecular weight is 359 g/mol. The van der Waals surface area contributed by atoms with Crippen molar-refractivity contribution in [3.05, 3.63) is 69.1 Å². The lowest BCUT2D eigenvalue weighted by molar-refractivity contribution is -0.136. The predicted molar refractivity (Wildman–Crippen MR) is 89.6 cm³/mol. The van der Waals surface area contributed by atoms with Gasteiger partial charge in [-0.15, -0.1) is 0 Å². The van der Waals surface area contributed by atoms with Crippen molar-refractivity contribution in [3.63, 3.8) is 0 Å². The molecule has 2 heterocycles. The summed E-state index contributed by atoms with van der Waals surface area (Å²) >= 11 is 0. The number of ether oxygens (including phenoxy) is 3. The first-order valence-electron chi connectivity index (χ1n) is 7.68. The van der Waals surface area contributed by atoms with E-state index in [-0.39, 0.29) is 28.7 Å². The van der Waals surface area contributed by atoms with Gasteiger partial charge in [0, 0.05) is 11.6 Å². The predicted octanol–water partition coefficient (Wildman–Crippen LogP) is 1.01. The number of carbonyl (C=O) groups is 1. The molecule has 0 aliphatic carbocycles. The van der Waals surface area contributed by atoms with Crippen LogP contribution in [-0.2, 0) is 16.1 Å². The van der Waals surface area contributed by atoms with Crippen LogP contribution in [0.5, 0.6) is 11.5 Å². The van der Waals surface area contributed by atoms with E-state index in [1.54, 1.807) is 24.3 Å². The molecule has 8 heteroatoms. The summed E-state index contributed by atoms with van der Waals surface area (Å²) in [6, 6.07) is 8.01. The lowest BCUT2D eigenvalue weighted by Crippen LogP contribution is -2.30. The number of methoxy groups -OCH3 is 2. The van der Waals surface area contributed by atoms with E-state index < -0.39 is 23.9 Å². The number of aliphatic hydroxyl groups excluding tert-OH is 1. The lowest BCUT2D eigenvalue weighted by Gasteiger charge is -2.27. The number of aliphatic hydroxyl groups is 1. The van der Waals surface area contributed by atoms with Crippen LogP contribution in [0.2, 0.25) is 0 Å². The number of nitrogens with two attached hydrogens (primary N) is 1. The summed E-state index contributed by atoms with van der Waals surface area (Å²) in [5, 5.41) is 9.37. The monoisotopic (exact) mass is 359 g/mol. The largest absolute Gasteiger partial charge is 0.496 e. The van der Waals surface area contributed by atoms with Gasteiger partial charge in [0.1, 0.15) is 23.7 Å². The normalized spacial score (nSPS) is 15.9. The second kappa shape index (κ2) is 6.93. The molecule has 0 spiro atoms. The molecular weight excluding hydrogens is 342 g/mol. The van der Waals surface area contributed by atoms with Gasteiger partial charge in [-0.25, -0.2) is 4.79 Å². The summed E-state index contributed by atoms with van der Waals surface area (Å²) in [4.78, 5) is 24.7. The summed E-state index contributed by atoms with van der Waals surface area (Å²) in [5.41, 5.74) is 5.89. The molecule has 1 aliphatic rings. The van der Waals surface area contributed by atoms with Gasteiger partial charge in [-0.1, -0.05) is 18.2 Å². The van der Waals surface area contributed by atoms with Gasteiger partial charge >= 0.3 is 5.97 Å². The van der Waals surface area contributed by atoms with Gasteiger partial charge in [0.2, 0.25) is 17.1 Å². The third-order valence-corrected chi connectivity index (χ3v) is 4.02. The van der Waals surface area contributed by atoms with Crippen molar-refractivity contribution in [3.8, 4) is 11.5 Å². The van der Waals surface area contributed by atoms with E-state index >= 15 is 0 Å². The van der Waals surface area contributed by atoms with E-state index in [1.165, 1.54) is 14.2 Å². The van der Waals surface area contributed by atoms with Crippen molar-refractivity contribution >= 4 is 5.97 Å².